The lowest BCUT2D eigenvalue weighted by Gasteiger charge is -2.10. The number of nitrogens with zero attached hydrogens (tertiary/aromatic N) is 2. The van der Waals surface area contributed by atoms with Crippen molar-refractivity contribution < 1.29 is 4.79 Å². The molecule has 0 unspecified atom stereocenters. The molecule has 0 fully saturated rings. The Hall–Kier alpha value is -3.12. The first-order chi connectivity index (χ1) is 12.5. The smallest absolute Gasteiger partial charge is 0.316 e. The van der Waals surface area contributed by atoms with Crippen LogP contribution in [0.1, 0.15) is 5.56 Å². The van der Waals surface area contributed by atoms with E-state index in [1.54, 1.807) is 24.3 Å². The highest BCUT2D eigenvalue weighted by Crippen LogP contribution is 2.13. The van der Waals surface area contributed by atoms with E-state index in [1.807, 2.05) is 30.3 Å². The molecule has 6 nitrogen and oxygen atoms in total. The van der Waals surface area contributed by atoms with Crippen molar-refractivity contribution in [2.24, 2.45) is 0 Å². The van der Waals surface area contributed by atoms with E-state index < -0.39 is 17.0 Å². The van der Waals surface area contributed by atoms with Crippen LogP contribution in [0.4, 0.5) is 5.69 Å². The number of anilines is 1. The molecule has 7 heteroatoms. The van der Waals surface area contributed by atoms with E-state index >= 15 is 0 Å². The second kappa shape index (κ2) is 7.84. The number of hydrogen-bond donors (Lipinski definition) is 1. The maximum Gasteiger partial charge on any atom is 0.316 e. The third kappa shape index (κ3) is 4.29. The molecule has 0 aliphatic rings. The molecule has 2 aromatic carbocycles. The number of hydrogen-bond acceptors (Lipinski definition) is 3. The van der Waals surface area contributed by atoms with Crippen molar-refractivity contribution in [1.82, 2.24) is 9.13 Å². The van der Waals surface area contributed by atoms with Crippen LogP contribution >= 0.6 is 11.6 Å². The van der Waals surface area contributed by atoms with Crippen LogP contribution in [0.3, 0.4) is 0 Å². The second-order valence-electron chi connectivity index (χ2n) is 5.70. The van der Waals surface area contributed by atoms with E-state index in [0.717, 1.165) is 10.1 Å². The Labute approximate surface area is 154 Å². The standard InChI is InChI=1S/C19H16ClN3O3/c20-15-6-8-16(9-7-15)21-17(24)13-23-11-10-22(18(25)19(23)26)12-14-4-2-1-3-5-14/h1-11H,12-13H2,(H,21,24). The minimum absolute atomic E-state index is 0.247. The van der Waals surface area contributed by atoms with Crippen LogP contribution in [0, 0.1) is 0 Å². The van der Waals surface area contributed by atoms with E-state index in [4.69, 9.17) is 11.6 Å². The number of carbonyl (C=O) groups is 1. The van der Waals surface area contributed by atoms with Crippen molar-refractivity contribution in [1.29, 1.82) is 0 Å². The number of benzene rings is 2. The van der Waals surface area contributed by atoms with Gasteiger partial charge in [0.25, 0.3) is 0 Å². The number of aromatic nitrogens is 2. The Morgan fingerprint density at radius 2 is 1.50 bits per heavy atom. The number of halogens is 1. The molecule has 0 saturated carbocycles. The molecule has 1 heterocycles. The lowest BCUT2D eigenvalue weighted by molar-refractivity contribution is -0.116. The lowest BCUT2D eigenvalue weighted by atomic mass is 10.2. The van der Waals surface area contributed by atoms with Gasteiger partial charge in [-0.3, -0.25) is 19.0 Å². The summed E-state index contributed by atoms with van der Waals surface area (Å²) in [5.74, 6) is -0.408. The van der Waals surface area contributed by atoms with Crippen molar-refractivity contribution in [3.63, 3.8) is 0 Å². The van der Waals surface area contributed by atoms with Gasteiger partial charge in [-0.05, 0) is 29.8 Å². The molecule has 1 N–H and O–H groups in total. The molecule has 26 heavy (non-hydrogen) atoms. The van der Waals surface area contributed by atoms with Gasteiger partial charge in [-0.2, -0.15) is 0 Å². The van der Waals surface area contributed by atoms with Crippen molar-refractivity contribution in [3.05, 3.63) is 98.3 Å². The molecule has 0 aliphatic carbocycles. The normalized spacial score (nSPS) is 10.5. The third-order valence-electron chi connectivity index (χ3n) is 3.77. The number of carbonyl (C=O) groups excluding carboxylic acids is 1. The summed E-state index contributed by atoms with van der Waals surface area (Å²) in [6.07, 6.45) is 2.94. The summed E-state index contributed by atoms with van der Waals surface area (Å²) in [4.78, 5) is 36.6. The molecule has 3 aromatic rings. The van der Waals surface area contributed by atoms with Crippen molar-refractivity contribution in [3.8, 4) is 0 Å². The van der Waals surface area contributed by atoms with Crippen molar-refractivity contribution >= 4 is 23.2 Å². The van der Waals surface area contributed by atoms with Crippen molar-refractivity contribution in [2.75, 3.05) is 5.32 Å². The van der Waals surface area contributed by atoms with E-state index in [2.05, 4.69) is 5.32 Å². The predicted octanol–water partition coefficient (Wildman–Crippen LogP) is 2.35. The van der Waals surface area contributed by atoms with Gasteiger partial charge in [-0.1, -0.05) is 41.9 Å². The van der Waals surface area contributed by atoms with Crippen molar-refractivity contribution in [2.45, 2.75) is 13.1 Å². The molecule has 1 aromatic heterocycles. The minimum Gasteiger partial charge on any atom is -0.325 e. The lowest BCUT2D eigenvalue weighted by Crippen LogP contribution is -2.42. The van der Waals surface area contributed by atoms with Crippen LogP contribution in [-0.4, -0.2) is 15.0 Å². The zero-order chi connectivity index (χ0) is 18.5. The summed E-state index contributed by atoms with van der Waals surface area (Å²) in [5.41, 5.74) is 0.0578. The van der Waals surface area contributed by atoms with E-state index in [9.17, 15) is 14.4 Å². The second-order valence-corrected chi connectivity index (χ2v) is 6.14. The first-order valence-corrected chi connectivity index (χ1v) is 8.30. The molecule has 0 atom stereocenters. The van der Waals surface area contributed by atoms with Gasteiger partial charge in [0.2, 0.25) is 5.91 Å². The van der Waals surface area contributed by atoms with Gasteiger partial charge in [-0.15, -0.1) is 0 Å². The van der Waals surface area contributed by atoms with Crippen LogP contribution in [0.25, 0.3) is 0 Å². The molecule has 1 amide bonds. The SMILES string of the molecule is O=C(Cn1ccn(Cc2ccccc2)c(=O)c1=O)Nc1ccc(Cl)cc1. The maximum absolute atomic E-state index is 12.3. The highest BCUT2D eigenvalue weighted by Gasteiger charge is 2.09. The zero-order valence-electron chi connectivity index (χ0n) is 13.8. The van der Waals surface area contributed by atoms with Gasteiger partial charge in [0, 0.05) is 23.1 Å². The Morgan fingerprint density at radius 3 is 2.19 bits per heavy atom. The summed E-state index contributed by atoms with van der Waals surface area (Å²) in [7, 11) is 0. The van der Waals surface area contributed by atoms with Crippen LogP contribution < -0.4 is 16.4 Å². The van der Waals surface area contributed by atoms with Crippen LogP contribution in [0.15, 0.2) is 76.6 Å². The molecular weight excluding hydrogens is 354 g/mol. The Kier molecular flexibility index (Phi) is 5.34. The molecule has 3 rings (SSSR count). The summed E-state index contributed by atoms with van der Waals surface area (Å²) in [6, 6.07) is 16.0. The van der Waals surface area contributed by atoms with E-state index in [1.165, 1.54) is 17.0 Å². The summed E-state index contributed by atoms with van der Waals surface area (Å²) >= 11 is 5.79. The summed E-state index contributed by atoms with van der Waals surface area (Å²) in [6.45, 7) is 0.0512. The molecular formula is C19H16ClN3O3. The van der Waals surface area contributed by atoms with Crippen LogP contribution in [0.2, 0.25) is 5.02 Å². The van der Waals surface area contributed by atoms with Gasteiger partial charge in [-0.25, -0.2) is 0 Å². The largest absolute Gasteiger partial charge is 0.325 e. The van der Waals surface area contributed by atoms with Gasteiger partial charge in [0.05, 0.1) is 6.54 Å². The first-order valence-electron chi connectivity index (χ1n) is 7.92. The monoisotopic (exact) mass is 369 g/mol. The maximum atomic E-state index is 12.3. The Balaban J connectivity index is 1.73. The Bertz CT molecular complexity index is 1020. The average molecular weight is 370 g/mol. The molecule has 0 saturated heterocycles. The number of amides is 1. The minimum atomic E-state index is -0.741. The number of nitrogens with one attached hydrogen (secondary N) is 1. The molecule has 0 radical (unpaired) electrons. The number of rotatable bonds is 5. The average Bonchev–Trinajstić information content (AvgIpc) is 2.64. The quantitative estimate of drug-likeness (QED) is 0.702. The summed E-state index contributed by atoms with van der Waals surface area (Å²) in [5, 5.41) is 3.21. The Morgan fingerprint density at radius 1 is 0.885 bits per heavy atom. The molecule has 0 aliphatic heterocycles. The molecule has 0 bridgehead atoms. The van der Waals surface area contributed by atoms with Gasteiger partial charge in [0.1, 0.15) is 6.54 Å². The van der Waals surface area contributed by atoms with Crippen LogP contribution in [0.5, 0.6) is 0 Å². The van der Waals surface area contributed by atoms with E-state index in [-0.39, 0.29) is 6.54 Å². The fourth-order valence-electron chi connectivity index (χ4n) is 2.46. The molecule has 0 spiro atoms. The highest BCUT2D eigenvalue weighted by molar-refractivity contribution is 6.30. The van der Waals surface area contributed by atoms with E-state index in [0.29, 0.717) is 17.3 Å². The summed E-state index contributed by atoms with van der Waals surface area (Å²) < 4.78 is 2.42. The highest BCUT2D eigenvalue weighted by atomic mass is 35.5. The van der Waals surface area contributed by atoms with Gasteiger partial charge < -0.3 is 9.88 Å². The fraction of sp³-hybridized carbons (Fsp3) is 0.105. The zero-order valence-corrected chi connectivity index (χ0v) is 14.5. The fourth-order valence-corrected chi connectivity index (χ4v) is 2.59. The van der Waals surface area contributed by atoms with Gasteiger partial charge >= 0.3 is 11.1 Å². The predicted molar refractivity (Wildman–Crippen MR) is 101 cm³/mol. The first kappa shape index (κ1) is 17.7. The van der Waals surface area contributed by atoms with Gasteiger partial charge in [0.15, 0.2) is 0 Å². The van der Waals surface area contributed by atoms with Crippen LogP contribution in [-0.2, 0) is 17.9 Å². The third-order valence-corrected chi connectivity index (χ3v) is 4.02. The topological polar surface area (TPSA) is 73.1 Å². The molecule has 132 valence electrons.